The molecule has 0 radical (unpaired) electrons. The van der Waals surface area contributed by atoms with Gasteiger partial charge in [0.2, 0.25) is 0 Å². The van der Waals surface area contributed by atoms with Gasteiger partial charge in [0.15, 0.2) is 16.6 Å². The van der Waals surface area contributed by atoms with Gasteiger partial charge in [-0.2, -0.15) is 0 Å². The van der Waals surface area contributed by atoms with E-state index in [1.807, 2.05) is 32.0 Å². The highest BCUT2D eigenvalue weighted by atomic mass is 32.1. The van der Waals surface area contributed by atoms with Crippen LogP contribution in [0.3, 0.4) is 0 Å². The lowest BCUT2D eigenvalue weighted by atomic mass is 9.95. The quantitative estimate of drug-likeness (QED) is 0.187. The van der Waals surface area contributed by atoms with Gasteiger partial charge in [0, 0.05) is 5.56 Å². The minimum atomic E-state index is -0.951. The summed E-state index contributed by atoms with van der Waals surface area (Å²) in [7, 11) is 3.03. The molecule has 2 heterocycles. The number of rotatable bonds is 7. The lowest BCUT2D eigenvalue weighted by Gasteiger charge is -2.24. The molecule has 0 saturated carbocycles. The van der Waals surface area contributed by atoms with Crippen molar-refractivity contribution in [3.8, 4) is 17.2 Å². The Balaban J connectivity index is 1.74. The fourth-order valence-corrected chi connectivity index (χ4v) is 5.61. The Morgan fingerprint density at radius 2 is 1.84 bits per heavy atom. The number of ketones is 1. The molecular weight excluding hydrogens is 504 g/mol. The van der Waals surface area contributed by atoms with Gasteiger partial charge in [-0.1, -0.05) is 35.6 Å². The van der Waals surface area contributed by atoms with Crippen molar-refractivity contribution in [3.05, 3.63) is 82.9 Å². The molecule has 1 aliphatic heterocycles. The SMILES string of the molecule is CCOc1ccc([C@H]2C(=C(O)c3cccc(OC)c3)C(=O)C(=O)N2c2nc3ccc(C)cc3s2)cc1OC. The summed E-state index contributed by atoms with van der Waals surface area (Å²) in [6.07, 6.45) is 0. The zero-order valence-electron chi connectivity index (χ0n) is 21.3. The topological polar surface area (TPSA) is 98.2 Å². The summed E-state index contributed by atoms with van der Waals surface area (Å²) in [5, 5.41) is 11.8. The standard InChI is InChI=1S/C29H26N2O6S/c1-5-37-21-12-10-17(15-22(21)36-4)25-24(26(32)18-7-6-8-19(14-18)35-3)27(33)28(34)31(25)29-30-20-11-9-16(2)13-23(20)38-29/h6-15,25,32H,5H2,1-4H3/t25-/m0/s1. The van der Waals surface area contributed by atoms with Crippen LogP contribution >= 0.6 is 11.3 Å². The lowest BCUT2D eigenvalue weighted by molar-refractivity contribution is -0.132. The summed E-state index contributed by atoms with van der Waals surface area (Å²) in [6, 6.07) is 16.8. The number of anilines is 1. The maximum Gasteiger partial charge on any atom is 0.301 e. The van der Waals surface area contributed by atoms with E-state index in [-0.39, 0.29) is 11.3 Å². The molecule has 8 nitrogen and oxygen atoms in total. The zero-order valence-corrected chi connectivity index (χ0v) is 22.2. The molecule has 5 rings (SSSR count). The second-order valence-corrected chi connectivity index (χ2v) is 9.72. The number of hydrogen-bond acceptors (Lipinski definition) is 8. The van der Waals surface area contributed by atoms with Gasteiger partial charge >= 0.3 is 5.91 Å². The van der Waals surface area contributed by atoms with Crippen molar-refractivity contribution in [1.82, 2.24) is 4.98 Å². The van der Waals surface area contributed by atoms with Crippen LogP contribution in [-0.2, 0) is 9.59 Å². The number of aliphatic hydroxyl groups is 1. The van der Waals surface area contributed by atoms with Crippen molar-refractivity contribution >= 4 is 44.1 Å². The third-order valence-corrected chi connectivity index (χ3v) is 7.35. The van der Waals surface area contributed by atoms with Crippen LogP contribution in [0.1, 0.15) is 29.7 Å². The number of aliphatic hydroxyl groups excluding tert-OH is 1. The maximum atomic E-state index is 13.5. The highest BCUT2D eigenvalue weighted by Gasteiger charge is 2.48. The number of carbonyl (C=O) groups is 2. The van der Waals surface area contributed by atoms with Gasteiger partial charge in [0.1, 0.15) is 11.5 Å². The van der Waals surface area contributed by atoms with Gasteiger partial charge < -0.3 is 19.3 Å². The minimum absolute atomic E-state index is 0.0510. The van der Waals surface area contributed by atoms with Crippen molar-refractivity contribution in [3.63, 3.8) is 0 Å². The van der Waals surface area contributed by atoms with Crippen LogP contribution in [0.15, 0.2) is 66.2 Å². The molecule has 1 aliphatic rings. The van der Waals surface area contributed by atoms with E-state index in [2.05, 4.69) is 4.98 Å². The third kappa shape index (κ3) is 4.35. The first kappa shape index (κ1) is 25.3. The van der Waals surface area contributed by atoms with Gasteiger partial charge in [0.25, 0.3) is 5.78 Å². The van der Waals surface area contributed by atoms with Crippen molar-refractivity contribution in [2.24, 2.45) is 0 Å². The van der Waals surface area contributed by atoms with Crippen molar-refractivity contribution in [2.75, 3.05) is 25.7 Å². The summed E-state index contributed by atoms with van der Waals surface area (Å²) in [5.74, 6) is -0.416. The van der Waals surface area contributed by atoms with E-state index >= 15 is 0 Å². The van der Waals surface area contributed by atoms with Gasteiger partial charge in [-0.3, -0.25) is 14.5 Å². The summed E-state index contributed by atoms with van der Waals surface area (Å²) < 4.78 is 17.4. The van der Waals surface area contributed by atoms with E-state index in [9.17, 15) is 14.7 Å². The number of amides is 1. The van der Waals surface area contributed by atoms with Crippen molar-refractivity contribution < 1.29 is 28.9 Å². The van der Waals surface area contributed by atoms with E-state index in [1.54, 1.807) is 42.5 Å². The Morgan fingerprint density at radius 1 is 1.03 bits per heavy atom. The number of aromatic nitrogens is 1. The smallest absolute Gasteiger partial charge is 0.301 e. The van der Waals surface area contributed by atoms with Crippen LogP contribution in [0, 0.1) is 6.92 Å². The molecule has 194 valence electrons. The maximum absolute atomic E-state index is 13.5. The molecule has 38 heavy (non-hydrogen) atoms. The van der Waals surface area contributed by atoms with Crippen LogP contribution in [0.4, 0.5) is 5.13 Å². The van der Waals surface area contributed by atoms with E-state index in [4.69, 9.17) is 14.2 Å². The molecule has 3 aromatic carbocycles. The number of carbonyl (C=O) groups excluding carboxylic acids is 2. The third-order valence-electron chi connectivity index (χ3n) is 6.33. The second kappa shape index (κ2) is 10.2. The number of methoxy groups -OCH3 is 2. The van der Waals surface area contributed by atoms with Crippen molar-refractivity contribution in [1.29, 1.82) is 0 Å². The summed E-state index contributed by atoms with van der Waals surface area (Å²) >= 11 is 1.31. The number of Topliss-reactive ketones (excluding diaryl/α,β-unsaturated/α-hetero) is 1. The zero-order chi connectivity index (χ0) is 27.0. The molecule has 4 aromatic rings. The van der Waals surface area contributed by atoms with Gasteiger partial charge in [0.05, 0.1) is 42.7 Å². The Morgan fingerprint density at radius 3 is 2.58 bits per heavy atom. The highest BCUT2D eigenvalue weighted by Crippen LogP contribution is 2.46. The van der Waals surface area contributed by atoms with Gasteiger partial charge in [-0.15, -0.1) is 0 Å². The van der Waals surface area contributed by atoms with Crippen LogP contribution in [0.5, 0.6) is 17.2 Å². The Labute approximate surface area is 223 Å². The molecule has 1 aromatic heterocycles. The van der Waals surface area contributed by atoms with Gasteiger partial charge in [-0.05, 0) is 61.4 Å². The number of thiazole rings is 1. The molecular formula is C29H26N2O6S. The summed E-state index contributed by atoms with van der Waals surface area (Å²) in [6.45, 7) is 4.28. The average Bonchev–Trinajstić information content (AvgIpc) is 3.46. The Kier molecular flexibility index (Phi) is 6.77. The molecule has 1 N–H and O–H groups in total. The first-order valence-corrected chi connectivity index (χ1v) is 12.8. The van der Waals surface area contributed by atoms with E-state index < -0.39 is 17.7 Å². The fourth-order valence-electron chi connectivity index (χ4n) is 4.52. The largest absolute Gasteiger partial charge is 0.507 e. The molecule has 0 aliphatic carbocycles. The number of nitrogens with zero attached hydrogens (tertiary/aromatic N) is 2. The molecule has 1 saturated heterocycles. The fraction of sp³-hybridized carbons (Fsp3) is 0.207. The normalized spacial score (nSPS) is 16.7. The van der Waals surface area contributed by atoms with Crippen LogP contribution in [-0.4, -0.2) is 42.6 Å². The van der Waals surface area contributed by atoms with Crippen LogP contribution < -0.4 is 19.1 Å². The molecule has 1 atom stereocenters. The molecule has 0 spiro atoms. The molecule has 0 unspecified atom stereocenters. The average molecular weight is 531 g/mol. The van der Waals surface area contributed by atoms with E-state index in [0.29, 0.717) is 45.6 Å². The van der Waals surface area contributed by atoms with Gasteiger partial charge in [-0.25, -0.2) is 4.98 Å². The van der Waals surface area contributed by atoms with E-state index in [1.165, 1.54) is 30.5 Å². The lowest BCUT2D eigenvalue weighted by Crippen LogP contribution is -2.29. The molecule has 1 amide bonds. The molecule has 9 heteroatoms. The number of benzene rings is 3. The first-order chi connectivity index (χ1) is 18.4. The predicted octanol–water partition coefficient (Wildman–Crippen LogP) is 5.65. The second-order valence-electron chi connectivity index (χ2n) is 8.71. The molecule has 0 bridgehead atoms. The first-order valence-electron chi connectivity index (χ1n) is 12.0. The Bertz CT molecular complexity index is 1590. The number of hydrogen-bond donors (Lipinski definition) is 1. The van der Waals surface area contributed by atoms with Crippen LogP contribution in [0.2, 0.25) is 0 Å². The molecule has 1 fully saturated rings. The number of fused-ring (bicyclic) bond motifs is 1. The van der Waals surface area contributed by atoms with E-state index in [0.717, 1.165) is 10.3 Å². The summed E-state index contributed by atoms with van der Waals surface area (Å²) in [5.41, 5.74) is 2.63. The predicted molar refractivity (Wildman–Crippen MR) is 146 cm³/mol. The minimum Gasteiger partial charge on any atom is -0.507 e. The monoisotopic (exact) mass is 530 g/mol. The number of aryl methyl sites for hydroxylation is 1. The Hall–Kier alpha value is -4.37. The highest BCUT2D eigenvalue weighted by molar-refractivity contribution is 7.22. The number of ether oxygens (including phenoxy) is 3. The van der Waals surface area contributed by atoms with Crippen molar-refractivity contribution in [2.45, 2.75) is 19.9 Å². The van der Waals surface area contributed by atoms with Crippen LogP contribution in [0.25, 0.3) is 16.0 Å². The summed E-state index contributed by atoms with van der Waals surface area (Å²) in [4.78, 5) is 33.1.